The Balaban J connectivity index is 1.93. The maximum absolute atomic E-state index is 4.82. The summed E-state index contributed by atoms with van der Waals surface area (Å²) in [6.07, 6.45) is 3.66. The largest absolute Gasteiger partial charge is 0.307 e. The lowest BCUT2D eigenvalue weighted by Crippen LogP contribution is -2.17. The van der Waals surface area contributed by atoms with E-state index in [0.717, 1.165) is 6.42 Å². The third-order valence-electron chi connectivity index (χ3n) is 3.56. The molecule has 0 saturated heterocycles. The summed E-state index contributed by atoms with van der Waals surface area (Å²) in [7, 11) is 2.01. The summed E-state index contributed by atoms with van der Waals surface area (Å²) < 4.78 is 0. The van der Waals surface area contributed by atoms with Crippen molar-refractivity contribution in [2.24, 2.45) is 0 Å². The lowest BCUT2D eigenvalue weighted by atomic mass is 10.1. The Morgan fingerprint density at radius 1 is 1.22 bits per heavy atom. The molecule has 0 saturated carbocycles. The molecule has 0 amide bonds. The molecule has 0 radical (unpaired) electrons. The number of hydrogen-bond donors (Lipinski definition) is 1. The van der Waals surface area contributed by atoms with Crippen molar-refractivity contribution in [1.82, 2.24) is 10.3 Å². The Morgan fingerprint density at radius 3 is 2.67 bits per heavy atom. The first-order valence-corrected chi connectivity index (χ1v) is 7.32. The van der Waals surface area contributed by atoms with Crippen molar-refractivity contribution in [3.8, 4) is 0 Å². The molecule has 1 N–H and O–H groups in total. The molecular formula is C15H18N2S. The van der Waals surface area contributed by atoms with Gasteiger partial charge in [-0.25, -0.2) is 4.98 Å². The zero-order valence-corrected chi connectivity index (χ0v) is 11.7. The van der Waals surface area contributed by atoms with Gasteiger partial charge in [-0.3, -0.25) is 0 Å². The molecule has 2 aromatic rings. The van der Waals surface area contributed by atoms with E-state index in [4.69, 9.17) is 4.98 Å². The van der Waals surface area contributed by atoms with Crippen LogP contribution >= 0.6 is 11.3 Å². The minimum atomic E-state index is 0.237. The van der Waals surface area contributed by atoms with E-state index in [1.165, 1.54) is 39.5 Å². The van der Waals surface area contributed by atoms with Gasteiger partial charge in [0.05, 0.1) is 11.7 Å². The molecule has 1 atom stereocenters. The molecule has 1 aliphatic rings. The van der Waals surface area contributed by atoms with Crippen molar-refractivity contribution in [2.45, 2.75) is 32.2 Å². The zero-order valence-electron chi connectivity index (χ0n) is 10.9. The van der Waals surface area contributed by atoms with Gasteiger partial charge in [0.15, 0.2) is 0 Å². The maximum atomic E-state index is 4.82. The van der Waals surface area contributed by atoms with Gasteiger partial charge < -0.3 is 5.32 Å². The second-order valence-corrected chi connectivity index (χ2v) is 6.02. The van der Waals surface area contributed by atoms with Crippen molar-refractivity contribution in [3.63, 3.8) is 0 Å². The van der Waals surface area contributed by atoms with Gasteiger partial charge in [-0.1, -0.05) is 29.8 Å². The van der Waals surface area contributed by atoms with Gasteiger partial charge >= 0.3 is 0 Å². The molecule has 1 heterocycles. The third kappa shape index (κ3) is 2.08. The molecular weight excluding hydrogens is 240 g/mol. The van der Waals surface area contributed by atoms with Gasteiger partial charge in [0.25, 0.3) is 0 Å². The van der Waals surface area contributed by atoms with E-state index in [-0.39, 0.29) is 6.04 Å². The molecule has 1 aromatic carbocycles. The average Bonchev–Trinajstić information content (AvgIpc) is 2.93. The normalized spacial score (nSPS) is 15.7. The first-order chi connectivity index (χ1) is 8.78. The molecule has 0 fully saturated rings. The number of benzene rings is 1. The number of fused-ring (bicyclic) bond motifs is 1. The smallest absolute Gasteiger partial charge is 0.115 e. The third-order valence-corrected chi connectivity index (χ3v) is 4.78. The second-order valence-electron chi connectivity index (χ2n) is 4.91. The van der Waals surface area contributed by atoms with Crippen molar-refractivity contribution < 1.29 is 0 Å². The molecule has 18 heavy (non-hydrogen) atoms. The maximum Gasteiger partial charge on any atom is 0.115 e. The molecule has 1 aliphatic carbocycles. The van der Waals surface area contributed by atoms with Crippen LogP contribution in [0.2, 0.25) is 0 Å². The van der Waals surface area contributed by atoms with Gasteiger partial charge in [-0.2, -0.15) is 0 Å². The number of aryl methyl sites for hydroxylation is 3. The highest BCUT2D eigenvalue weighted by Gasteiger charge is 2.21. The molecule has 0 aliphatic heterocycles. The minimum Gasteiger partial charge on any atom is -0.307 e. The lowest BCUT2D eigenvalue weighted by Gasteiger charge is -2.14. The van der Waals surface area contributed by atoms with E-state index in [9.17, 15) is 0 Å². The van der Waals surface area contributed by atoms with Crippen LogP contribution in [0.25, 0.3) is 0 Å². The van der Waals surface area contributed by atoms with Gasteiger partial charge in [0.1, 0.15) is 5.01 Å². The quantitative estimate of drug-likeness (QED) is 0.914. The van der Waals surface area contributed by atoms with Crippen LogP contribution in [-0.2, 0) is 12.8 Å². The lowest BCUT2D eigenvalue weighted by molar-refractivity contribution is 0.682. The molecule has 2 nitrogen and oxygen atoms in total. The highest BCUT2D eigenvalue weighted by molar-refractivity contribution is 7.11. The topological polar surface area (TPSA) is 24.9 Å². The Morgan fingerprint density at radius 2 is 2.00 bits per heavy atom. The standard InChI is InChI=1S/C15H18N2S/c1-10-6-8-11(9-7-10)14(16-2)15-17-12-4-3-5-13(12)18-15/h6-9,14,16H,3-5H2,1-2H3. The van der Waals surface area contributed by atoms with Crippen LogP contribution in [0.4, 0.5) is 0 Å². The summed E-state index contributed by atoms with van der Waals surface area (Å²) in [6.45, 7) is 2.12. The molecule has 1 unspecified atom stereocenters. The van der Waals surface area contributed by atoms with Crippen LogP contribution in [0.5, 0.6) is 0 Å². The van der Waals surface area contributed by atoms with Crippen LogP contribution in [-0.4, -0.2) is 12.0 Å². The van der Waals surface area contributed by atoms with E-state index in [2.05, 4.69) is 36.5 Å². The number of nitrogens with zero attached hydrogens (tertiary/aromatic N) is 1. The minimum absolute atomic E-state index is 0.237. The Hall–Kier alpha value is -1.19. The van der Waals surface area contributed by atoms with Gasteiger partial charge in [-0.05, 0) is 38.8 Å². The van der Waals surface area contributed by atoms with E-state index in [1.54, 1.807) is 0 Å². The summed E-state index contributed by atoms with van der Waals surface area (Å²) >= 11 is 1.88. The van der Waals surface area contributed by atoms with Gasteiger partial charge in [0.2, 0.25) is 0 Å². The molecule has 1 aromatic heterocycles. The van der Waals surface area contributed by atoms with Crippen molar-refractivity contribution in [3.05, 3.63) is 51.0 Å². The fourth-order valence-electron chi connectivity index (χ4n) is 2.53. The fourth-order valence-corrected chi connectivity index (χ4v) is 3.82. The van der Waals surface area contributed by atoms with Crippen LogP contribution < -0.4 is 5.32 Å². The molecule has 0 spiro atoms. The summed E-state index contributed by atoms with van der Waals surface area (Å²) in [4.78, 5) is 6.31. The van der Waals surface area contributed by atoms with Crippen LogP contribution in [0.1, 0.15) is 39.2 Å². The number of rotatable bonds is 3. The molecule has 3 rings (SSSR count). The summed E-state index contributed by atoms with van der Waals surface area (Å²) in [5, 5.41) is 4.60. The van der Waals surface area contributed by atoms with E-state index in [1.807, 2.05) is 18.4 Å². The Bertz CT molecular complexity index is 521. The van der Waals surface area contributed by atoms with Crippen LogP contribution in [0.15, 0.2) is 24.3 Å². The summed E-state index contributed by atoms with van der Waals surface area (Å²) in [6, 6.07) is 8.97. The molecule has 3 heteroatoms. The highest BCUT2D eigenvalue weighted by atomic mass is 32.1. The monoisotopic (exact) mass is 258 g/mol. The van der Waals surface area contributed by atoms with Gasteiger partial charge in [-0.15, -0.1) is 11.3 Å². The number of hydrogen-bond acceptors (Lipinski definition) is 3. The average molecular weight is 258 g/mol. The van der Waals surface area contributed by atoms with Crippen molar-refractivity contribution in [2.75, 3.05) is 7.05 Å². The molecule has 0 bridgehead atoms. The predicted molar refractivity (Wildman–Crippen MR) is 76.2 cm³/mol. The van der Waals surface area contributed by atoms with E-state index in [0.29, 0.717) is 0 Å². The van der Waals surface area contributed by atoms with Crippen LogP contribution in [0.3, 0.4) is 0 Å². The van der Waals surface area contributed by atoms with E-state index < -0.39 is 0 Å². The summed E-state index contributed by atoms with van der Waals surface area (Å²) in [5.74, 6) is 0. The fraction of sp³-hybridized carbons (Fsp3) is 0.400. The van der Waals surface area contributed by atoms with Crippen molar-refractivity contribution >= 4 is 11.3 Å². The Labute approximate surface area is 112 Å². The number of nitrogens with one attached hydrogen (secondary N) is 1. The van der Waals surface area contributed by atoms with Gasteiger partial charge in [0, 0.05) is 4.88 Å². The molecule has 94 valence electrons. The number of thiazole rings is 1. The highest BCUT2D eigenvalue weighted by Crippen LogP contribution is 2.33. The first-order valence-electron chi connectivity index (χ1n) is 6.50. The Kier molecular flexibility index (Phi) is 3.18. The second kappa shape index (κ2) is 4.82. The first kappa shape index (κ1) is 11.9. The predicted octanol–water partition coefficient (Wildman–Crippen LogP) is 3.25. The zero-order chi connectivity index (χ0) is 12.5. The SMILES string of the molecule is CNC(c1ccc(C)cc1)c1nc2c(s1)CCC2. The number of aromatic nitrogens is 1. The van der Waals surface area contributed by atoms with E-state index >= 15 is 0 Å². The van der Waals surface area contributed by atoms with Crippen LogP contribution in [0, 0.1) is 6.92 Å². The van der Waals surface area contributed by atoms with Crippen molar-refractivity contribution in [1.29, 1.82) is 0 Å². The summed E-state index contributed by atoms with van der Waals surface area (Å²) in [5.41, 5.74) is 3.94.